The molecule has 0 aromatic rings. The van der Waals surface area contributed by atoms with E-state index in [1.807, 2.05) is 12.1 Å². The lowest BCUT2D eigenvalue weighted by Gasteiger charge is -2.19. The van der Waals surface area contributed by atoms with Gasteiger partial charge in [-0.05, 0) is 26.7 Å². The highest BCUT2D eigenvalue weighted by Gasteiger charge is 2.29. The summed E-state index contributed by atoms with van der Waals surface area (Å²) in [6, 6.07) is 3.90. The third kappa shape index (κ3) is 12.0. The minimum atomic E-state index is -1.36. The Hall–Kier alpha value is -3.54. The van der Waals surface area contributed by atoms with Crippen LogP contribution in [0.4, 0.5) is 0 Å². The fraction of sp³-hybridized carbons (Fsp3) is 0.667. The average Bonchev–Trinajstić information content (AvgIpc) is 2.75. The topological polar surface area (TPSA) is 183 Å². The predicted octanol–water partition coefficient (Wildman–Crippen LogP) is 0.142. The molecule has 0 fully saturated rings. The minimum absolute atomic E-state index is 0.0101. The van der Waals surface area contributed by atoms with Gasteiger partial charge in [-0.25, -0.2) is 0 Å². The monoisotopic (exact) mass is 422 g/mol. The number of nitriles is 2. The molecule has 0 aromatic carbocycles. The number of nitrogens with zero attached hydrogens (tertiary/aromatic N) is 4. The first-order valence-corrected chi connectivity index (χ1v) is 9.16. The van der Waals surface area contributed by atoms with Crippen molar-refractivity contribution < 1.29 is 28.7 Å². The number of carbonyl (C=O) groups is 4. The normalized spacial score (nSPS) is 14.3. The molecule has 2 amide bonds. The van der Waals surface area contributed by atoms with Gasteiger partial charge in [0.25, 0.3) is 0 Å². The minimum Gasteiger partial charge on any atom is -0.464 e. The average molecular weight is 422 g/mol. The van der Waals surface area contributed by atoms with E-state index in [2.05, 4.69) is 20.9 Å². The van der Waals surface area contributed by atoms with Crippen LogP contribution in [0.3, 0.4) is 0 Å². The Morgan fingerprint density at radius 2 is 1.23 bits per heavy atom. The van der Waals surface area contributed by atoms with Crippen LogP contribution in [0.1, 0.15) is 39.5 Å². The molecule has 2 N–H and O–H groups in total. The third-order valence-electron chi connectivity index (χ3n) is 3.79. The second-order valence-electron chi connectivity index (χ2n) is 6.56. The summed E-state index contributed by atoms with van der Waals surface area (Å²) in [6.45, 7) is 3.31. The van der Waals surface area contributed by atoms with Crippen LogP contribution in [0.5, 0.6) is 0 Å². The Kier molecular flexibility index (Phi) is 12.8. The predicted molar refractivity (Wildman–Crippen MR) is 101 cm³/mol. The zero-order valence-corrected chi connectivity index (χ0v) is 17.0. The zero-order valence-electron chi connectivity index (χ0n) is 17.0. The van der Waals surface area contributed by atoms with Gasteiger partial charge in [0.1, 0.15) is 13.2 Å². The lowest BCUT2D eigenvalue weighted by Crippen LogP contribution is -2.26. The van der Waals surface area contributed by atoms with Crippen molar-refractivity contribution in [2.45, 2.75) is 50.6 Å². The molecule has 0 aliphatic rings. The van der Waals surface area contributed by atoms with Gasteiger partial charge in [-0.2, -0.15) is 20.8 Å². The zero-order chi connectivity index (χ0) is 22.9. The highest BCUT2D eigenvalue weighted by molar-refractivity contribution is 5.70. The lowest BCUT2D eigenvalue weighted by atomic mass is 9.97. The largest absolute Gasteiger partial charge is 0.464 e. The van der Waals surface area contributed by atoms with E-state index in [-0.39, 0.29) is 52.0 Å². The fourth-order valence-corrected chi connectivity index (χ4v) is 1.88. The molecular weight excluding hydrogens is 396 g/mol. The SMILES string of the molecule is CC(C#N)(CCC(=O)OCCNC=O)/N=N/C(C)(C#N)CCC(=O)OCCNC=O. The first kappa shape index (κ1) is 26.5. The van der Waals surface area contributed by atoms with Crippen molar-refractivity contribution in [3.05, 3.63) is 0 Å². The second-order valence-corrected chi connectivity index (χ2v) is 6.56. The number of hydrogen-bond donors (Lipinski definition) is 2. The van der Waals surface area contributed by atoms with E-state index in [0.29, 0.717) is 12.8 Å². The maximum absolute atomic E-state index is 11.7. The van der Waals surface area contributed by atoms with Crippen molar-refractivity contribution in [3.63, 3.8) is 0 Å². The summed E-state index contributed by atoms with van der Waals surface area (Å²) in [5.41, 5.74) is -2.72. The Balaban J connectivity index is 4.66. The Bertz CT molecular complexity index is 642. The quantitative estimate of drug-likeness (QED) is 0.152. The molecule has 0 saturated heterocycles. The molecule has 2 atom stereocenters. The van der Waals surface area contributed by atoms with E-state index in [1.165, 1.54) is 13.8 Å². The van der Waals surface area contributed by atoms with E-state index in [4.69, 9.17) is 9.47 Å². The Morgan fingerprint density at radius 3 is 1.53 bits per heavy atom. The van der Waals surface area contributed by atoms with Crippen molar-refractivity contribution in [2.24, 2.45) is 10.2 Å². The first-order chi connectivity index (χ1) is 14.2. The van der Waals surface area contributed by atoms with Crippen molar-refractivity contribution in [1.82, 2.24) is 10.6 Å². The maximum Gasteiger partial charge on any atom is 0.305 e. The highest BCUT2D eigenvalue weighted by atomic mass is 16.5. The number of amides is 2. The van der Waals surface area contributed by atoms with E-state index in [0.717, 1.165) is 0 Å². The van der Waals surface area contributed by atoms with Crippen molar-refractivity contribution in [1.29, 1.82) is 10.5 Å². The van der Waals surface area contributed by atoms with Crippen LogP contribution in [-0.2, 0) is 28.7 Å². The standard InChI is InChI=1S/C18H26N6O6/c1-17(11-19,5-3-15(27)29-9-7-21-13-25)23-24-18(2,12-20)6-4-16(28)30-10-8-22-14-26/h13-14H,3-10H2,1-2H3,(H,21,25)(H,22,26)/b24-23+. The van der Waals surface area contributed by atoms with Gasteiger partial charge in [-0.15, -0.1) is 0 Å². The Labute approximate surface area is 174 Å². The number of ether oxygens (including phenoxy) is 2. The Morgan fingerprint density at radius 1 is 0.867 bits per heavy atom. The van der Waals surface area contributed by atoms with E-state index < -0.39 is 23.0 Å². The van der Waals surface area contributed by atoms with Gasteiger partial charge < -0.3 is 20.1 Å². The number of azo groups is 1. The van der Waals surface area contributed by atoms with Gasteiger partial charge >= 0.3 is 11.9 Å². The summed E-state index contributed by atoms with van der Waals surface area (Å²) in [5, 5.41) is 31.3. The highest BCUT2D eigenvalue weighted by Crippen LogP contribution is 2.23. The summed E-state index contributed by atoms with van der Waals surface area (Å²) in [4.78, 5) is 43.6. The molecule has 0 aliphatic heterocycles. The van der Waals surface area contributed by atoms with Gasteiger partial charge in [-0.1, -0.05) is 0 Å². The van der Waals surface area contributed by atoms with E-state index >= 15 is 0 Å². The van der Waals surface area contributed by atoms with Crippen LogP contribution in [0.25, 0.3) is 0 Å². The van der Waals surface area contributed by atoms with Gasteiger partial charge in [0.15, 0.2) is 11.1 Å². The molecule has 0 aliphatic carbocycles. The van der Waals surface area contributed by atoms with Crippen molar-refractivity contribution >= 4 is 24.8 Å². The molecular formula is C18H26N6O6. The molecule has 0 bridgehead atoms. The summed E-state index contributed by atoms with van der Waals surface area (Å²) in [5.74, 6) is -1.12. The van der Waals surface area contributed by atoms with Crippen LogP contribution in [0.15, 0.2) is 10.2 Å². The molecule has 0 saturated carbocycles. The summed E-state index contributed by atoms with van der Waals surface area (Å²) >= 11 is 0. The molecule has 0 aromatic heterocycles. The number of nitrogens with one attached hydrogen (secondary N) is 2. The number of hydrogen-bond acceptors (Lipinski definition) is 10. The molecule has 164 valence electrons. The summed E-state index contributed by atoms with van der Waals surface area (Å²) < 4.78 is 9.79. The number of rotatable bonds is 16. The molecule has 0 rings (SSSR count). The molecule has 0 spiro atoms. The van der Waals surface area contributed by atoms with Gasteiger partial charge in [0.2, 0.25) is 12.8 Å². The number of carbonyl (C=O) groups excluding carboxylic acids is 4. The van der Waals surface area contributed by atoms with Crippen LogP contribution >= 0.6 is 0 Å². The molecule has 0 heterocycles. The second kappa shape index (κ2) is 14.5. The lowest BCUT2D eigenvalue weighted by molar-refractivity contribution is -0.144. The van der Waals surface area contributed by atoms with E-state index in [9.17, 15) is 29.7 Å². The van der Waals surface area contributed by atoms with Gasteiger partial charge in [0, 0.05) is 12.8 Å². The van der Waals surface area contributed by atoms with Crippen LogP contribution in [0.2, 0.25) is 0 Å². The fourth-order valence-electron chi connectivity index (χ4n) is 1.88. The third-order valence-corrected chi connectivity index (χ3v) is 3.79. The van der Waals surface area contributed by atoms with Crippen LogP contribution in [-0.4, -0.2) is 62.1 Å². The van der Waals surface area contributed by atoms with Gasteiger partial charge in [0.05, 0.1) is 25.2 Å². The van der Waals surface area contributed by atoms with Crippen molar-refractivity contribution in [2.75, 3.05) is 26.3 Å². The molecule has 30 heavy (non-hydrogen) atoms. The van der Waals surface area contributed by atoms with Gasteiger partial charge in [-0.3, -0.25) is 19.2 Å². The maximum atomic E-state index is 11.7. The van der Waals surface area contributed by atoms with Crippen molar-refractivity contribution in [3.8, 4) is 12.1 Å². The molecule has 2 unspecified atom stereocenters. The molecule has 12 nitrogen and oxygen atoms in total. The molecule has 12 heteroatoms. The smallest absolute Gasteiger partial charge is 0.305 e. The summed E-state index contributed by atoms with van der Waals surface area (Å²) in [6.07, 6.45) is 0.791. The first-order valence-electron chi connectivity index (χ1n) is 9.16. The molecule has 0 radical (unpaired) electrons. The summed E-state index contributed by atoms with van der Waals surface area (Å²) in [7, 11) is 0. The van der Waals surface area contributed by atoms with E-state index in [1.54, 1.807) is 0 Å². The van der Waals surface area contributed by atoms with Crippen LogP contribution < -0.4 is 10.6 Å². The van der Waals surface area contributed by atoms with Crippen LogP contribution in [0, 0.1) is 22.7 Å². The number of esters is 2.